The van der Waals surface area contributed by atoms with Crippen LogP contribution in [-0.4, -0.2) is 58.6 Å². The Labute approximate surface area is 198 Å². The molecular formula is C22H28ClN3O4S2. The minimum atomic E-state index is -3.80. The number of amides is 1. The zero-order valence-electron chi connectivity index (χ0n) is 18.1. The average molecular weight is 498 g/mol. The van der Waals surface area contributed by atoms with E-state index in [1.54, 1.807) is 43.1 Å². The first-order chi connectivity index (χ1) is 15.3. The average Bonchev–Trinajstić information content (AvgIpc) is 3.25. The van der Waals surface area contributed by atoms with Crippen LogP contribution in [0.5, 0.6) is 5.75 Å². The van der Waals surface area contributed by atoms with Crippen molar-refractivity contribution >= 4 is 45.0 Å². The number of anilines is 1. The van der Waals surface area contributed by atoms with Crippen LogP contribution in [-0.2, 0) is 14.8 Å². The molecule has 0 spiro atoms. The van der Waals surface area contributed by atoms with Gasteiger partial charge in [-0.25, -0.2) is 8.42 Å². The van der Waals surface area contributed by atoms with Gasteiger partial charge in [-0.2, -0.15) is 16.5 Å². The first kappa shape index (κ1) is 24.7. The maximum atomic E-state index is 13.0. The molecule has 0 radical (unpaired) electrons. The minimum Gasteiger partial charge on any atom is -0.495 e. The molecule has 0 bridgehead atoms. The standard InChI is InChI=1S/C22H28ClN3O4S2/c1-30-21-9-8-16(23)14-20(21)26-12-10-17(15-26)24-22(27)19(11-13-31-2)25-32(28,29)18-6-4-3-5-7-18/h3-9,14,17,19,25H,10-13,15H2,1-2H3,(H,24,27). The second kappa shape index (κ2) is 11.3. The summed E-state index contributed by atoms with van der Waals surface area (Å²) in [7, 11) is -2.19. The number of rotatable bonds is 10. The van der Waals surface area contributed by atoms with E-state index >= 15 is 0 Å². The summed E-state index contributed by atoms with van der Waals surface area (Å²) >= 11 is 7.72. The van der Waals surface area contributed by atoms with E-state index in [0.717, 1.165) is 24.4 Å². The van der Waals surface area contributed by atoms with Crippen molar-refractivity contribution in [2.45, 2.75) is 29.8 Å². The Morgan fingerprint density at radius 3 is 2.72 bits per heavy atom. The van der Waals surface area contributed by atoms with Crippen LogP contribution < -0.4 is 19.7 Å². The zero-order valence-corrected chi connectivity index (χ0v) is 20.5. The van der Waals surface area contributed by atoms with E-state index in [-0.39, 0.29) is 16.8 Å². The van der Waals surface area contributed by atoms with Crippen LogP contribution in [0.15, 0.2) is 53.4 Å². The van der Waals surface area contributed by atoms with Gasteiger partial charge in [-0.1, -0.05) is 29.8 Å². The van der Waals surface area contributed by atoms with Gasteiger partial charge in [-0.05, 0) is 55.2 Å². The summed E-state index contributed by atoms with van der Waals surface area (Å²) < 4.78 is 33.5. The van der Waals surface area contributed by atoms with E-state index in [2.05, 4.69) is 14.9 Å². The Hall–Kier alpha value is -1.94. The van der Waals surface area contributed by atoms with Crippen LogP contribution >= 0.6 is 23.4 Å². The molecule has 32 heavy (non-hydrogen) atoms. The second-order valence-corrected chi connectivity index (χ2v) is 10.7. The number of halogens is 1. The van der Waals surface area contributed by atoms with Gasteiger partial charge in [-0.15, -0.1) is 0 Å². The Kier molecular flexibility index (Phi) is 8.70. The van der Waals surface area contributed by atoms with Gasteiger partial charge in [0.2, 0.25) is 15.9 Å². The third-order valence-corrected chi connectivity index (χ3v) is 7.66. The van der Waals surface area contributed by atoms with E-state index in [0.29, 0.717) is 23.7 Å². The van der Waals surface area contributed by atoms with Crippen LogP contribution in [0.1, 0.15) is 12.8 Å². The molecule has 2 aromatic rings. The first-order valence-electron chi connectivity index (χ1n) is 10.3. The van der Waals surface area contributed by atoms with E-state index < -0.39 is 16.1 Å². The van der Waals surface area contributed by atoms with Gasteiger partial charge >= 0.3 is 0 Å². The van der Waals surface area contributed by atoms with Gasteiger partial charge in [-0.3, -0.25) is 4.79 Å². The summed E-state index contributed by atoms with van der Waals surface area (Å²) in [5.41, 5.74) is 0.875. The molecule has 7 nitrogen and oxygen atoms in total. The van der Waals surface area contributed by atoms with Gasteiger partial charge < -0.3 is 15.0 Å². The predicted molar refractivity (Wildman–Crippen MR) is 130 cm³/mol. The maximum Gasteiger partial charge on any atom is 0.241 e. The largest absolute Gasteiger partial charge is 0.495 e. The van der Waals surface area contributed by atoms with Gasteiger partial charge in [0, 0.05) is 24.2 Å². The summed E-state index contributed by atoms with van der Waals surface area (Å²) in [5.74, 6) is 1.06. The van der Waals surface area contributed by atoms with Crippen LogP contribution in [0.3, 0.4) is 0 Å². The van der Waals surface area contributed by atoms with E-state index in [9.17, 15) is 13.2 Å². The highest BCUT2D eigenvalue weighted by Crippen LogP contribution is 2.33. The quantitative estimate of drug-likeness (QED) is 0.524. The van der Waals surface area contributed by atoms with E-state index in [1.807, 2.05) is 18.4 Å². The number of thioether (sulfide) groups is 1. The van der Waals surface area contributed by atoms with Crippen molar-refractivity contribution in [1.29, 1.82) is 0 Å². The molecule has 1 amide bonds. The van der Waals surface area contributed by atoms with E-state index in [1.165, 1.54) is 12.1 Å². The number of sulfonamides is 1. The van der Waals surface area contributed by atoms with Gasteiger partial charge in [0.05, 0.1) is 17.7 Å². The molecule has 174 valence electrons. The van der Waals surface area contributed by atoms with Crippen LogP contribution in [0.25, 0.3) is 0 Å². The molecule has 2 atom stereocenters. The third-order valence-electron chi connectivity index (χ3n) is 5.29. The van der Waals surface area contributed by atoms with Crippen molar-refractivity contribution in [3.63, 3.8) is 0 Å². The fourth-order valence-corrected chi connectivity index (χ4v) is 5.53. The van der Waals surface area contributed by atoms with Crippen LogP contribution in [0.2, 0.25) is 5.02 Å². The van der Waals surface area contributed by atoms with Crippen molar-refractivity contribution in [3.05, 3.63) is 53.6 Å². The summed E-state index contributed by atoms with van der Waals surface area (Å²) in [6.07, 6.45) is 3.06. The third kappa shape index (κ3) is 6.31. The summed E-state index contributed by atoms with van der Waals surface area (Å²) in [6.45, 7) is 1.32. The van der Waals surface area contributed by atoms with Crippen LogP contribution in [0, 0.1) is 0 Å². The summed E-state index contributed by atoms with van der Waals surface area (Å²) in [6, 6.07) is 12.6. The Morgan fingerprint density at radius 1 is 1.28 bits per heavy atom. The lowest BCUT2D eigenvalue weighted by atomic mass is 10.2. The topological polar surface area (TPSA) is 87.7 Å². The zero-order chi connectivity index (χ0) is 23.1. The smallest absolute Gasteiger partial charge is 0.241 e. The molecule has 1 aliphatic rings. The molecule has 1 saturated heterocycles. The molecule has 2 unspecified atom stereocenters. The molecule has 3 rings (SSSR count). The lowest BCUT2D eigenvalue weighted by Gasteiger charge is -2.23. The SMILES string of the molecule is COc1ccc(Cl)cc1N1CCC(NC(=O)C(CCSC)NS(=O)(=O)c2ccccc2)C1. The molecule has 0 aliphatic carbocycles. The predicted octanol–water partition coefficient (Wildman–Crippen LogP) is 3.14. The van der Waals surface area contributed by atoms with Crippen molar-refractivity contribution in [3.8, 4) is 5.75 Å². The fraction of sp³-hybridized carbons (Fsp3) is 0.409. The molecular weight excluding hydrogens is 470 g/mol. The molecule has 1 fully saturated rings. The summed E-state index contributed by atoms with van der Waals surface area (Å²) in [5, 5.41) is 3.63. The highest BCUT2D eigenvalue weighted by Gasteiger charge is 2.30. The number of benzene rings is 2. The van der Waals surface area contributed by atoms with Crippen molar-refractivity contribution in [2.24, 2.45) is 0 Å². The van der Waals surface area contributed by atoms with Crippen molar-refractivity contribution < 1.29 is 17.9 Å². The number of ether oxygens (including phenoxy) is 1. The second-order valence-electron chi connectivity index (χ2n) is 7.52. The Bertz CT molecular complexity index is 1020. The Morgan fingerprint density at radius 2 is 2.03 bits per heavy atom. The molecule has 0 aromatic heterocycles. The molecule has 1 aliphatic heterocycles. The number of hydrogen-bond acceptors (Lipinski definition) is 6. The monoisotopic (exact) mass is 497 g/mol. The van der Waals surface area contributed by atoms with E-state index in [4.69, 9.17) is 16.3 Å². The minimum absolute atomic E-state index is 0.107. The molecule has 1 heterocycles. The number of nitrogens with zero attached hydrogens (tertiary/aromatic N) is 1. The number of nitrogens with one attached hydrogen (secondary N) is 2. The normalized spacial score (nSPS) is 17.2. The summed E-state index contributed by atoms with van der Waals surface area (Å²) in [4.78, 5) is 15.3. The number of methoxy groups -OCH3 is 1. The van der Waals surface area contributed by atoms with Crippen molar-refractivity contribution in [2.75, 3.05) is 37.1 Å². The molecule has 2 N–H and O–H groups in total. The van der Waals surface area contributed by atoms with Gasteiger partial charge in [0.1, 0.15) is 11.8 Å². The molecule has 10 heteroatoms. The van der Waals surface area contributed by atoms with Crippen LogP contribution in [0.4, 0.5) is 5.69 Å². The number of carbonyl (C=O) groups excluding carboxylic acids is 1. The molecule has 2 aromatic carbocycles. The lowest BCUT2D eigenvalue weighted by molar-refractivity contribution is -0.123. The number of carbonyl (C=O) groups is 1. The van der Waals surface area contributed by atoms with Crippen molar-refractivity contribution in [1.82, 2.24) is 10.0 Å². The lowest BCUT2D eigenvalue weighted by Crippen LogP contribution is -2.50. The fourth-order valence-electron chi connectivity index (χ4n) is 3.64. The first-order valence-corrected chi connectivity index (χ1v) is 13.5. The van der Waals surface area contributed by atoms with Gasteiger partial charge in [0.15, 0.2) is 0 Å². The highest BCUT2D eigenvalue weighted by atomic mass is 35.5. The number of hydrogen-bond donors (Lipinski definition) is 2. The molecule has 0 saturated carbocycles. The van der Waals surface area contributed by atoms with Gasteiger partial charge in [0.25, 0.3) is 0 Å². The Balaban J connectivity index is 1.67. The highest BCUT2D eigenvalue weighted by molar-refractivity contribution is 7.98. The maximum absolute atomic E-state index is 13.0.